The summed E-state index contributed by atoms with van der Waals surface area (Å²) in [7, 11) is -3.75. The molecule has 0 saturated carbocycles. The van der Waals surface area contributed by atoms with Crippen LogP contribution in [0.15, 0.2) is 47.6 Å². The van der Waals surface area contributed by atoms with E-state index in [-0.39, 0.29) is 17.3 Å². The molecule has 0 aliphatic heterocycles. The predicted octanol–water partition coefficient (Wildman–Crippen LogP) is 0.305. The molecule has 0 aliphatic carbocycles. The van der Waals surface area contributed by atoms with Gasteiger partial charge in [-0.25, -0.2) is 23.1 Å². The molecule has 2 aromatic rings. The van der Waals surface area contributed by atoms with E-state index in [1.54, 1.807) is 6.07 Å². The van der Waals surface area contributed by atoms with Crippen molar-refractivity contribution in [3.05, 3.63) is 48.3 Å². The van der Waals surface area contributed by atoms with Crippen LogP contribution in [-0.4, -0.2) is 24.3 Å². The van der Waals surface area contributed by atoms with Gasteiger partial charge in [0.2, 0.25) is 11.9 Å². The molecule has 0 atom stereocenters. The lowest BCUT2D eigenvalue weighted by Crippen LogP contribution is -2.16. The highest BCUT2D eigenvalue weighted by Gasteiger charge is 2.15. The van der Waals surface area contributed by atoms with Crippen molar-refractivity contribution in [2.45, 2.75) is 11.3 Å². The first-order valence-corrected chi connectivity index (χ1v) is 7.13. The van der Waals surface area contributed by atoms with E-state index in [1.165, 1.54) is 36.7 Å². The Hall–Kier alpha value is -2.48. The van der Waals surface area contributed by atoms with Gasteiger partial charge in [-0.15, -0.1) is 0 Å². The molecule has 7 nitrogen and oxygen atoms in total. The minimum Gasteiger partial charge on any atom is -0.369 e. The summed E-state index contributed by atoms with van der Waals surface area (Å²) >= 11 is 0. The molecular weight excluding hydrogens is 280 g/mol. The van der Waals surface area contributed by atoms with E-state index in [9.17, 15) is 13.2 Å². The van der Waals surface area contributed by atoms with Gasteiger partial charge in [0, 0.05) is 12.4 Å². The number of benzene rings is 1. The molecule has 3 N–H and O–H groups in total. The molecule has 8 heteroatoms. The van der Waals surface area contributed by atoms with Crippen LogP contribution in [0.5, 0.6) is 0 Å². The van der Waals surface area contributed by atoms with Gasteiger partial charge in [-0.3, -0.25) is 4.79 Å². The molecule has 0 fully saturated rings. The lowest BCUT2D eigenvalue weighted by Gasteiger charge is -2.06. The van der Waals surface area contributed by atoms with Gasteiger partial charge in [-0.05, 0) is 23.8 Å². The Morgan fingerprint density at radius 1 is 1.15 bits per heavy atom. The summed E-state index contributed by atoms with van der Waals surface area (Å²) in [6.07, 6.45) is 2.93. The first kappa shape index (κ1) is 13.9. The summed E-state index contributed by atoms with van der Waals surface area (Å²) in [6.45, 7) is 0. The van der Waals surface area contributed by atoms with Crippen LogP contribution in [0.1, 0.15) is 5.56 Å². The Morgan fingerprint density at radius 3 is 2.30 bits per heavy atom. The van der Waals surface area contributed by atoms with Gasteiger partial charge in [-0.1, -0.05) is 12.1 Å². The average Bonchev–Trinajstić information content (AvgIpc) is 2.39. The number of primary amides is 1. The highest BCUT2D eigenvalue weighted by molar-refractivity contribution is 7.92. The number of nitrogens with two attached hydrogens (primary N) is 1. The van der Waals surface area contributed by atoms with Crippen molar-refractivity contribution in [2.75, 3.05) is 4.72 Å². The van der Waals surface area contributed by atoms with E-state index >= 15 is 0 Å². The zero-order chi connectivity index (χ0) is 14.6. The standard InChI is InChI=1S/C12H12N4O3S/c13-11(17)8-9-2-4-10(5-3-9)20(18,19)16-12-14-6-1-7-15-12/h1-7H,8H2,(H2,13,17)(H,14,15,16). The molecule has 1 aromatic heterocycles. The second-order valence-corrected chi connectivity index (χ2v) is 5.65. The Morgan fingerprint density at radius 2 is 1.75 bits per heavy atom. The highest BCUT2D eigenvalue weighted by atomic mass is 32.2. The van der Waals surface area contributed by atoms with E-state index in [4.69, 9.17) is 5.73 Å². The molecule has 20 heavy (non-hydrogen) atoms. The van der Waals surface area contributed by atoms with E-state index in [0.29, 0.717) is 5.56 Å². The molecule has 0 saturated heterocycles. The number of hydrogen-bond acceptors (Lipinski definition) is 5. The van der Waals surface area contributed by atoms with Crippen molar-refractivity contribution in [3.63, 3.8) is 0 Å². The lowest BCUT2D eigenvalue weighted by molar-refractivity contribution is -0.117. The number of nitrogens with zero attached hydrogens (tertiary/aromatic N) is 2. The molecule has 1 aromatic carbocycles. The fourth-order valence-electron chi connectivity index (χ4n) is 1.52. The zero-order valence-electron chi connectivity index (χ0n) is 10.4. The van der Waals surface area contributed by atoms with Crippen LogP contribution in [0.25, 0.3) is 0 Å². The minimum atomic E-state index is -3.75. The number of carbonyl (C=O) groups excluding carboxylic acids is 1. The quantitative estimate of drug-likeness (QED) is 0.822. The van der Waals surface area contributed by atoms with Gasteiger partial charge in [-0.2, -0.15) is 0 Å². The fraction of sp³-hybridized carbons (Fsp3) is 0.0833. The number of sulfonamides is 1. The Balaban J connectivity index is 2.19. The predicted molar refractivity (Wildman–Crippen MR) is 72.2 cm³/mol. The Kier molecular flexibility index (Phi) is 3.94. The third-order valence-corrected chi connectivity index (χ3v) is 3.75. The van der Waals surface area contributed by atoms with E-state index in [2.05, 4.69) is 14.7 Å². The van der Waals surface area contributed by atoms with Crippen molar-refractivity contribution in [1.82, 2.24) is 9.97 Å². The lowest BCUT2D eigenvalue weighted by atomic mass is 10.1. The molecule has 0 radical (unpaired) electrons. The maximum Gasteiger partial charge on any atom is 0.264 e. The fourth-order valence-corrected chi connectivity index (χ4v) is 2.48. The molecular formula is C12H12N4O3S. The third-order valence-electron chi connectivity index (χ3n) is 2.40. The Bertz CT molecular complexity index is 699. The average molecular weight is 292 g/mol. The van der Waals surface area contributed by atoms with Crippen molar-refractivity contribution in [3.8, 4) is 0 Å². The monoisotopic (exact) mass is 292 g/mol. The summed E-state index contributed by atoms with van der Waals surface area (Å²) in [5.74, 6) is -0.481. The number of aromatic nitrogens is 2. The number of nitrogens with one attached hydrogen (secondary N) is 1. The molecule has 0 bridgehead atoms. The van der Waals surface area contributed by atoms with Crippen LogP contribution in [-0.2, 0) is 21.2 Å². The second-order valence-electron chi connectivity index (χ2n) is 3.96. The van der Waals surface area contributed by atoms with Crippen molar-refractivity contribution >= 4 is 21.9 Å². The van der Waals surface area contributed by atoms with Crippen molar-refractivity contribution in [1.29, 1.82) is 0 Å². The highest BCUT2D eigenvalue weighted by Crippen LogP contribution is 2.14. The summed E-state index contributed by atoms with van der Waals surface area (Å²) < 4.78 is 26.4. The molecule has 1 heterocycles. The van der Waals surface area contributed by atoms with Gasteiger partial charge in [0.05, 0.1) is 11.3 Å². The summed E-state index contributed by atoms with van der Waals surface area (Å²) in [4.78, 5) is 18.4. The maximum absolute atomic E-state index is 12.1. The summed E-state index contributed by atoms with van der Waals surface area (Å²) in [6, 6.07) is 7.43. The van der Waals surface area contributed by atoms with Crippen molar-refractivity contribution in [2.24, 2.45) is 5.73 Å². The normalized spacial score (nSPS) is 11.0. The topological polar surface area (TPSA) is 115 Å². The number of hydrogen-bond donors (Lipinski definition) is 2. The van der Waals surface area contributed by atoms with E-state index in [0.717, 1.165) is 0 Å². The third kappa shape index (κ3) is 3.51. The van der Waals surface area contributed by atoms with Gasteiger partial charge >= 0.3 is 0 Å². The minimum absolute atomic E-state index is 0.00582. The number of rotatable bonds is 5. The number of amides is 1. The largest absolute Gasteiger partial charge is 0.369 e. The molecule has 0 spiro atoms. The Labute approximate surface area is 115 Å². The number of anilines is 1. The van der Waals surface area contributed by atoms with E-state index < -0.39 is 15.9 Å². The molecule has 0 aliphatic rings. The first-order chi connectivity index (χ1) is 9.47. The SMILES string of the molecule is NC(=O)Cc1ccc(S(=O)(=O)Nc2ncccn2)cc1. The van der Waals surface area contributed by atoms with E-state index in [1.807, 2.05) is 0 Å². The van der Waals surface area contributed by atoms with Crippen LogP contribution in [0, 0.1) is 0 Å². The van der Waals surface area contributed by atoms with Crippen LogP contribution in [0.2, 0.25) is 0 Å². The summed E-state index contributed by atoms with van der Waals surface area (Å²) in [5.41, 5.74) is 5.71. The number of carbonyl (C=O) groups is 1. The first-order valence-electron chi connectivity index (χ1n) is 5.64. The maximum atomic E-state index is 12.1. The van der Waals surface area contributed by atoms with Crippen LogP contribution in [0.3, 0.4) is 0 Å². The van der Waals surface area contributed by atoms with Crippen LogP contribution in [0.4, 0.5) is 5.95 Å². The van der Waals surface area contributed by atoms with Crippen molar-refractivity contribution < 1.29 is 13.2 Å². The molecule has 0 unspecified atom stereocenters. The zero-order valence-corrected chi connectivity index (χ0v) is 11.2. The van der Waals surface area contributed by atoms with Gasteiger partial charge in [0.15, 0.2) is 0 Å². The van der Waals surface area contributed by atoms with Crippen LogP contribution < -0.4 is 10.5 Å². The molecule has 2 rings (SSSR count). The molecule has 104 valence electrons. The van der Waals surface area contributed by atoms with Gasteiger partial charge in [0.25, 0.3) is 10.0 Å². The smallest absolute Gasteiger partial charge is 0.264 e. The van der Waals surface area contributed by atoms with Gasteiger partial charge < -0.3 is 5.73 Å². The van der Waals surface area contributed by atoms with Gasteiger partial charge in [0.1, 0.15) is 0 Å². The summed E-state index contributed by atoms with van der Waals surface area (Å²) in [5, 5.41) is 0. The van der Waals surface area contributed by atoms with Crippen LogP contribution >= 0.6 is 0 Å². The second kappa shape index (κ2) is 5.66. The molecule has 1 amide bonds.